The van der Waals surface area contributed by atoms with Crippen molar-refractivity contribution in [2.24, 2.45) is 0 Å². The molecular weight excluding hydrogens is 545 g/mol. The van der Waals surface area contributed by atoms with Crippen LogP contribution in [0.5, 0.6) is 0 Å². The molecule has 0 fully saturated rings. The number of allylic oxidation sites excluding steroid dienone is 3. The first-order valence-corrected chi connectivity index (χ1v) is 13.6. The monoisotopic (exact) mass is 567 g/mol. The van der Waals surface area contributed by atoms with Gasteiger partial charge in [-0.3, -0.25) is 0 Å². The molecule has 2 aliphatic heterocycles. The van der Waals surface area contributed by atoms with Gasteiger partial charge in [0.2, 0.25) is 0 Å². The Hall–Kier alpha value is -2.76. The molecule has 3 aliphatic rings. The Labute approximate surface area is 218 Å². The van der Waals surface area contributed by atoms with E-state index < -0.39 is 0 Å². The first-order valence-electron chi connectivity index (χ1n) is 11.7. The summed E-state index contributed by atoms with van der Waals surface area (Å²) in [5, 5.41) is 0. The summed E-state index contributed by atoms with van der Waals surface area (Å²) >= 11 is 4.32. The minimum Gasteiger partial charge on any atom is -0.310 e. The Bertz CT molecular complexity index is 1450. The van der Waals surface area contributed by atoms with Crippen molar-refractivity contribution in [1.29, 1.82) is 0 Å². The standard InChI is InChI=1S/C31H22INS/c32-21-17-19-22(20-18-21)33-27-13-5-1-9-23(27)31(24-10-2-6-14-28(24)33)25-11-3-7-15-29(25)34-30-16-8-4-12-26(30)31/h1-3,5-11,13-20H,4,12H2. The fraction of sp³-hybridized carbons (Fsp3) is 0.0968. The van der Waals surface area contributed by atoms with Crippen molar-refractivity contribution in [2.45, 2.75) is 23.2 Å². The van der Waals surface area contributed by atoms with Crippen LogP contribution in [0.2, 0.25) is 0 Å². The molecule has 4 aromatic rings. The SMILES string of the molecule is Ic1ccc(N2c3ccccc3C3(C4=C(C=CCC4)Sc4ccccc43)c3ccccc32)cc1. The highest BCUT2D eigenvalue weighted by Crippen LogP contribution is 2.63. The third-order valence-electron chi connectivity index (χ3n) is 7.27. The van der Waals surface area contributed by atoms with Crippen molar-refractivity contribution in [3.05, 3.63) is 140 Å². The molecule has 0 saturated heterocycles. The second-order valence-electron chi connectivity index (χ2n) is 8.98. The lowest BCUT2D eigenvalue weighted by molar-refractivity contribution is 0.649. The maximum absolute atomic E-state index is 2.45. The van der Waals surface area contributed by atoms with E-state index in [4.69, 9.17) is 0 Å². The van der Waals surface area contributed by atoms with Crippen LogP contribution in [0.15, 0.2) is 125 Å². The van der Waals surface area contributed by atoms with Gasteiger partial charge in [-0.25, -0.2) is 0 Å². The Morgan fingerprint density at radius 2 is 1.32 bits per heavy atom. The highest BCUT2D eigenvalue weighted by molar-refractivity contribution is 14.1. The quantitative estimate of drug-likeness (QED) is 0.211. The minimum atomic E-state index is -0.283. The highest BCUT2D eigenvalue weighted by Gasteiger charge is 2.50. The van der Waals surface area contributed by atoms with E-state index in [0.29, 0.717) is 0 Å². The average Bonchev–Trinajstić information content (AvgIpc) is 2.89. The molecule has 1 aliphatic carbocycles. The predicted molar refractivity (Wildman–Crippen MR) is 151 cm³/mol. The van der Waals surface area contributed by atoms with E-state index in [1.165, 1.54) is 47.1 Å². The molecule has 0 atom stereocenters. The molecule has 164 valence electrons. The predicted octanol–water partition coefficient (Wildman–Crippen LogP) is 9.12. The zero-order valence-corrected chi connectivity index (χ0v) is 21.5. The summed E-state index contributed by atoms with van der Waals surface area (Å²) in [6, 6.07) is 36.0. The molecular formula is C31H22INS. The highest BCUT2D eigenvalue weighted by atomic mass is 127. The van der Waals surface area contributed by atoms with Crippen molar-refractivity contribution in [1.82, 2.24) is 0 Å². The summed E-state index contributed by atoms with van der Waals surface area (Å²) < 4.78 is 1.25. The number of para-hydroxylation sites is 2. The van der Waals surface area contributed by atoms with Gasteiger partial charge >= 0.3 is 0 Å². The second-order valence-corrected chi connectivity index (χ2v) is 11.3. The molecule has 0 radical (unpaired) electrons. The van der Waals surface area contributed by atoms with Gasteiger partial charge in [0.05, 0.1) is 16.8 Å². The van der Waals surface area contributed by atoms with Gasteiger partial charge in [-0.2, -0.15) is 0 Å². The van der Waals surface area contributed by atoms with Gasteiger partial charge in [-0.1, -0.05) is 78.5 Å². The van der Waals surface area contributed by atoms with Crippen LogP contribution >= 0.6 is 34.4 Å². The lowest BCUT2D eigenvalue weighted by Crippen LogP contribution is -2.40. The topological polar surface area (TPSA) is 3.24 Å². The molecule has 0 aromatic heterocycles. The maximum atomic E-state index is 2.45. The summed E-state index contributed by atoms with van der Waals surface area (Å²) in [7, 11) is 0. The average molecular weight is 567 g/mol. The lowest BCUT2D eigenvalue weighted by Gasteiger charge is -2.50. The van der Waals surface area contributed by atoms with E-state index in [2.05, 4.69) is 137 Å². The van der Waals surface area contributed by atoms with E-state index in [9.17, 15) is 0 Å². The number of rotatable bonds is 1. The number of halogens is 1. The van der Waals surface area contributed by atoms with Gasteiger partial charge in [0.15, 0.2) is 0 Å². The van der Waals surface area contributed by atoms with Gasteiger partial charge in [0.25, 0.3) is 0 Å². The molecule has 0 bridgehead atoms. The number of benzene rings is 4. The second kappa shape index (κ2) is 7.89. The largest absolute Gasteiger partial charge is 0.310 e. The van der Waals surface area contributed by atoms with Gasteiger partial charge < -0.3 is 4.90 Å². The Morgan fingerprint density at radius 3 is 2.03 bits per heavy atom. The van der Waals surface area contributed by atoms with E-state index in [0.717, 1.165) is 12.8 Å². The number of hydrogen-bond donors (Lipinski definition) is 0. The third-order valence-corrected chi connectivity index (χ3v) is 9.17. The van der Waals surface area contributed by atoms with Gasteiger partial charge in [0.1, 0.15) is 0 Å². The molecule has 2 heterocycles. The normalized spacial score (nSPS) is 17.1. The molecule has 3 heteroatoms. The summed E-state index contributed by atoms with van der Waals surface area (Å²) in [6.07, 6.45) is 6.87. The van der Waals surface area contributed by atoms with Gasteiger partial charge in [0, 0.05) is 19.1 Å². The van der Waals surface area contributed by atoms with Crippen molar-refractivity contribution in [3.63, 3.8) is 0 Å². The number of thioether (sulfide) groups is 1. The Kier molecular flexibility index (Phi) is 4.78. The van der Waals surface area contributed by atoms with Crippen molar-refractivity contribution >= 4 is 51.4 Å². The van der Waals surface area contributed by atoms with Crippen molar-refractivity contribution in [3.8, 4) is 0 Å². The van der Waals surface area contributed by atoms with Crippen LogP contribution in [0, 0.1) is 3.57 Å². The van der Waals surface area contributed by atoms with Crippen LogP contribution in [0.25, 0.3) is 0 Å². The fourth-order valence-electron chi connectivity index (χ4n) is 5.99. The van der Waals surface area contributed by atoms with Crippen LogP contribution in [-0.2, 0) is 5.41 Å². The van der Waals surface area contributed by atoms with E-state index in [1.807, 2.05) is 11.8 Å². The summed E-state index contributed by atoms with van der Waals surface area (Å²) in [6.45, 7) is 0. The zero-order valence-electron chi connectivity index (χ0n) is 18.5. The number of hydrogen-bond acceptors (Lipinski definition) is 2. The van der Waals surface area contributed by atoms with Crippen LogP contribution in [0.3, 0.4) is 0 Å². The maximum Gasteiger partial charge on any atom is 0.0727 e. The zero-order chi connectivity index (χ0) is 22.7. The molecule has 0 saturated carbocycles. The summed E-state index contributed by atoms with van der Waals surface area (Å²) in [5.41, 5.74) is 9.17. The van der Waals surface area contributed by atoms with Crippen LogP contribution < -0.4 is 4.90 Å². The number of nitrogens with zero attached hydrogens (tertiary/aromatic N) is 1. The minimum absolute atomic E-state index is 0.283. The smallest absolute Gasteiger partial charge is 0.0727 e. The Balaban J connectivity index is 1.63. The van der Waals surface area contributed by atoms with E-state index in [1.54, 1.807) is 5.57 Å². The van der Waals surface area contributed by atoms with E-state index >= 15 is 0 Å². The number of fused-ring (bicyclic) bond motifs is 7. The van der Waals surface area contributed by atoms with Gasteiger partial charge in [-0.05, 0) is 100 Å². The molecule has 34 heavy (non-hydrogen) atoms. The molecule has 4 aromatic carbocycles. The molecule has 1 nitrogen and oxygen atoms in total. The molecule has 1 spiro atoms. The first kappa shape index (κ1) is 20.6. The lowest BCUT2D eigenvalue weighted by atomic mass is 9.60. The van der Waals surface area contributed by atoms with Crippen LogP contribution in [0.1, 0.15) is 29.5 Å². The van der Waals surface area contributed by atoms with E-state index in [-0.39, 0.29) is 5.41 Å². The molecule has 0 amide bonds. The fourth-order valence-corrected chi connectivity index (χ4v) is 7.60. The van der Waals surface area contributed by atoms with Crippen molar-refractivity contribution < 1.29 is 0 Å². The molecule has 0 N–H and O–H groups in total. The summed E-state index contributed by atoms with van der Waals surface area (Å²) in [5.74, 6) is 0. The number of anilines is 3. The van der Waals surface area contributed by atoms with Gasteiger partial charge in [-0.15, -0.1) is 0 Å². The van der Waals surface area contributed by atoms with Crippen LogP contribution in [-0.4, -0.2) is 0 Å². The first-order chi connectivity index (χ1) is 16.8. The Morgan fingerprint density at radius 1 is 0.706 bits per heavy atom. The summed E-state index contributed by atoms with van der Waals surface area (Å²) in [4.78, 5) is 5.23. The molecule has 0 unspecified atom stereocenters. The molecule has 7 rings (SSSR count). The van der Waals surface area contributed by atoms with Crippen LogP contribution in [0.4, 0.5) is 17.1 Å². The third kappa shape index (κ3) is 2.80. The van der Waals surface area contributed by atoms with Crippen molar-refractivity contribution in [2.75, 3.05) is 4.90 Å².